The van der Waals surface area contributed by atoms with Crippen molar-refractivity contribution < 1.29 is 19.1 Å². The highest BCUT2D eigenvalue weighted by molar-refractivity contribution is 5.85. The number of hydrogen-bond donors (Lipinski definition) is 1. The van der Waals surface area contributed by atoms with E-state index in [1.807, 2.05) is 0 Å². The molecule has 0 bridgehead atoms. The van der Waals surface area contributed by atoms with Crippen LogP contribution in [0.15, 0.2) is 0 Å². The summed E-state index contributed by atoms with van der Waals surface area (Å²) in [5.74, 6) is -0.498. The van der Waals surface area contributed by atoms with Crippen molar-refractivity contribution in [1.82, 2.24) is 15.1 Å². The fourth-order valence-electron chi connectivity index (χ4n) is 2.47. The van der Waals surface area contributed by atoms with Crippen molar-refractivity contribution >= 4 is 17.8 Å². The molecule has 106 valence electrons. The largest absolute Gasteiger partial charge is 0.469 e. The van der Waals surface area contributed by atoms with Crippen LogP contribution in [0.1, 0.15) is 12.8 Å². The Labute approximate surface area is 111 Å². The fourth-order valence-corrected chi connectivity index (χ4v) is 2.47. The van der Waals surface area contributed by atoms with Crippen LogP contribution < -0.4 is 5.32 Å². The lowest BCUT2D eigenvalue weighted by Crippen LogP contribution is -2.64. The summed E-state index contributed by atoms with van der Waals surface area (Å²) in [6, 6.07) is -0.246. The highest BCUT2D eigenvalue weighted by Gasteiger charge is 2.36. The molecule has 0 radical (unpaired) electrons. The summed E-state index contributed by atoms with van der Waals surface area (Å²) in [6.07, 6.45) is 0.230. The average Bonchev–Trinajstić information content (AvgIpc) is 2.44. The molecule has 0 aliphatic carbocycles. The van der Waals surface area contributed by atoms with Gasteiger partial charge < -0.3 is 15.0 Å². The molecule has 7 nitrogen and oxygen atoms in total. The summed E-state index contributed by atoms with van der Waals surface area (Å²) < 4.78 is 4.51. The molecule has 0 aromatic carbocycles. The van der Waals surface area contributed by atoms with E-state index in [0.717, 1.165) is 6.54 Å². The van der Waals surface area contributed by atoms with Crippen molar-refractivity contribution in [1.29, 1.82) is 0 Å². The average molecular weight is 269 g/mol. The third kappa shape index (κ3) is 3.23. The molecule has 0 saturated carbocycles. The quantitative estimate of drug-likeness (QED) is 0.636. The van der Waals surface area contributed by atoms with E-state index in [2.05, 4.69) is 15.0 Å². The van der Waals surface area contributed by atoms with Crippen LogP contribution in [-0.4, -0.2) is 73.5 Å². The number of nitrogens with zero attached hydrogens (tertiary/aromatic N) is 2. The summed E-state index contributed by atoms with van der Waals surface area (Å²) in [5.41, 5.74) is 0. The number of carbonyl (C=O) groups is 3. The van der Waals surface area contributed by atoms with Crippen LogP contribution in [0.5, 0.6) is 0 Å². The summed E-state index contributed by atoms with van der Waals surface area (Å²) in [7, 11) is 1.30. The zero-order valence-electron chi connectivity index (χ0n) is 11.1. The first-order valence-corrected chi connectivity index (χ1v) is 6.48. The number of methoxy groups -OCH3 is 1. The first-order chi connectivity index (χ1) is 9.11. The number of esters is 1. The molecule has 0 aromatic rings. The topological polar surface area (TPSA) is 79.0 Å². The first-order valence-electron chi connectivity index (χ1n) is 6.48. The predicted molar refractivity (Wildman–Crippen MR) is 66.2 cm³/mol. The van der Waals surface area contributed by atoms with Crippen LogP contribution in [-0.2, 0) is 19.1 Å². The molecule has 2 aliphatic rings. The lowest BCUT2D eigenvalue weighted by molar-refractivity contribution is -0.146. The Balaban J connectivity index is 1.86. The molecule has 19 heavy (non-hydrogen) atoms. The molecule has 0 spiro atoms. The Morgan fingerprint density at radius 2 is 2.11 bits per heavy atom. The number of amides is 2. The number of carbonyl (C=O) groups excluding carboxylic acids is 3. The molecule has 7 heteroatoms. The number of rotatable bonds is 3. The highest BCUT2D eigenvalue weighted by Crippen LogP contribution is 2.13. The Morgan fingerprint density at radius 3 is 2.84 bits per heavy atom. The van der Waals surface area contributed by atoms with Crippen LogP contribution in [0.2, 0.25) is 0 Å². The predicted octanol–water partition coefficient (Wildman–Crippen LogP) is -1.42. The lowest BCUT2D eigenvalue weighted by Gasteiger charge is -2.43. The second-order valence-corrected chi connectivity index (χ2v) is 4.76. The molecule has 2 amide bonds. The Hall–Kier alpha value is -1.63. The van der Waals surface area contributed by atoms with Gasteiger partial charge in [-0.05, 0) is 0 Å². The Kier molecular flexibility index (Phi) is 4.36. The van der Waals surface area contributed by atoms with E-state index in [4.69, 9.17) is 0 Å². The monoisotopic (exact) mass is 269 g/mol. The van der Waals surface area contributed by atoms with Crippen molar-refractivity contribution in [2.45, 2.75) is 18.9 Å². The third-order valence-electron chi connectivity index (χ3n) is 3.62. The van der Waals surface area contributed by atoms with Gasteiger partial charge >= 0.3 is 5.97 Å². The minimum Gasteiger partial charge on any atom is -0.469 e. The highest BCUT2D eigenvalue weighted by atomic mass is 16.5. The number of piperazine rings is 2. The van der Waals surface area contributed by atoms with Crippen molar-refractivity contribution in [2.75, 3.05) is 39.8 Å². The van der Waals surface area contributed by atoms with Crippen molar-refractivity contribution in [3.8, 4) is 0 Å². The molecule has 2 rings (SSSR count). The zero-order valence-corrected chi connectivity index (χ0v) is 11.1. The Bertz CT molecular complexity index is 385. The van der Waals surface area contributed by atoms with E-state index in [0.29, 0.717) is 26.2 Å². The number of ether oxygens (including phenoxy) is 1. The molecule has 1 N–H and O–H groups in total. The van der Waals surface area contributed by atoms with Gasteiger partial charge in [0.15, 0.2) is 0 Å². The number of hydrogen-bond acceptors (Lipinski definition) is 5. The molecule has 1 atom stereocenters. The van der Waals surface area contributed by atoms with Gasteiger partial charge in [0.1, 0.15) is 6.04 Å². The van der Waals surface area contributed by atoms with E-state index >= 15 is 0 Å². The standard InChI is InChI=1S/C12H19N3O4/c1-19-11(17)3-2-10(16)15-7-6-14-5-4-13-12(18)9(14)8-15/h9H,2-8H2,1H3,(H,13,18)/t9-/m1/s1. The number of nitrogens with one attached hydrogen (secondary N) is 1. The van der Waals surface area contributed by atoms with Gasteiger partial charge in [0.25, 0.3) is 0 Å². The summed E-state index contributed by atoms with van der Waals surface area (Å²) >= 11 is 0. The fraction of sp³-hybridized carbons (Fsp3) is 0.750. The van der Waals surface area contributed by atoms with Crippen LogP contribution in [0.25, 0.3) is 0 Å². The molecule has 2 saturated heterocycles. The van der Waals surface area contributed by atoms with E-state index in [-0.39, 0.29) is 36.7 Å². The molecule has 2 fully saturated rings. The lowest BCUT2D eigenvalue weighted by atomic mass is 10.1. The van der Waals surface area contributed by atoms with Gasteiger partial charge in [0.05, 0.1) is 13.5 Å². The minimum absolute atomic E-state index is 0.0169. The Morgan fingerprint density at radius 1 is 1.32 bits per heavy atom. The van der Waals surface area contributed by atoms with Gasteiger partial charge in [-0.1, -0.05) is 0 Å². The van der Waals surface area contributed by atoms with Gasteiger partial charge in [-0.2, -0.15) is 0 Å². The van der Waals surface area contributed by atoms with E-state index in [9.17, 15) is 14.4 Å². The summed E-state index contributed by atoms with van der Waals surface area (Å²) in [6.45, 7) is 3.24. The normalized spacial score (nSPS) is 23.5. The molecule has 2 aliphatic heterocycles. The van der Waals surface area contributed by atoms with Gasteiger partial charge in [-0.25, -0.2) is 0 Å². The maximum atomic E-state index is 12.0. The van der Waals surface area contributed by atoms with E-state index in [1.165, 1.54) is 7.11 Å². The summed E-state index contributed by atoms with van der Waals surface area (Å²) in [5, 5.41) is 2.81. The molecular formula is C12H19N3O4. The van der Waals surface area contributed by atoms with Crippen LogP contribution in [0, 0.1) is 0 Å². The van der Waals surface area contributed by atoms with Gasteiger partial charge in [0.2, 0.25) is 11.8 Å². The summed E-state index contributed by atoms with van der Waals surface area (Å²) in [4.78, 5) is 38.5. The van der Waals surface area contributed by atoms with E-state index in [1.54, 1.807) is 4.90 Å². The van der Waals surface area contributed by atoms with E-state index < -0.39 is 0 Å². The van der Waals surface area contributed by atoms with Crippen LogP contribution in [0.4, 0.5) is 0 Å². The second-order valence-electron chi connectivity index (χ2n) is 4.76. The smallest absolute Gasteiger partial charge is 0.306 e. The SMILES string of the molecule is COC(=O)CCC(=O)N1CCN2CCNC(=O)[C@H]2C1. The van der Waals surface area contributed by atoms with Crippen LogP contribution in [0.3, 0.4) is 0 Å². The van der Waals surface area contributed by atoms with Gasteiger partial charge in [-0.3, -0.25) is 19.3 Å². The van der Waals surface area contributed by atoms with Gasteiger partial charge in [0, 0.05) is 39.1 Å². The van der Waals surface area contributed by atoms with Crippen molar-refractivity contribution in [3.05, 3.63) is 0 Å². The first kappa shape index (κ1) is 13.8. The van der Waals surface area contributed by atoms with Crippen molar-refractivity contribution in [2.24, 2.45) is 0 Å². The molecule has 2 heterocycles. The molecule has 0 unspecified atom stereocenters. The zero-order chi connectivity index (χ0) is 13.8. The second kappa shape index (κ2) is 6.01. The van der Waals surface area contributed by atoms with Crippen molar-refractivity contribution in [3.63, 3.8) is 0 Å². The number of fused-ring (bicyclic) bond motifs is 1. The molecular weight excluding hydrogens is 250 g/mol. The third-order valence-corrected chi connectivity index (χ3v) is 3.62. The van der Waals surface area contributed by atoms with Crippen LogP contribution >= 0.6 is 0 Å². The maximum Gasteiger partial charge on any atom is 0.306 e. The van der Waals surface area contributed by atoms with Gasteiger partial charge in [-0.15, -0.1) is 0 Å². The minimum atomic E-state index is -0.387. The molecule has 0 aromatic heterocycles. The maximum absolute atomic E-state index is 12.0.